The molecule has 210 valence electrons. The van der Waals surface area contributed by atoms with Gasteiger partial charge in [-0.1, -0.05) is 43.7 Å². The number of rotatable bonds is 3. The molecule has 0 saturated heterocycles. The molecule has 0 radical (unpaired) electrons. The van der Waals surface area contributed by atoms with E-state index < -0.39 is 23.5 Å². The number of ether oxygens (including phenoxy) is 2. The smallest absolute Gasteiger partial charge is 0.417 e. The third-order valence-corrected chi connectivity index (χ3v) is 7.73. The Morgan fingerprint density at radius 2 is 1.57 bits per heavy atom. The van der Waals surface area contributed by atoms with Gasteiger partial charge in [-0.2, -0.15) is 0 Å². The lowest BCUT2D eigenvalue weighted by molar-refractivity contribution is -0.127. The minimum Gasteiger partial charge on any atom is -0.497 e. The second kappa shape index (κ2) is 9.95. The molecule has 2 aromatic rings. The number of ketones is 1. The molecule has 2 aliphatic heterocycles. The zero-order chi connectivity index (χ0) is 29.0. The number of methoxy groups -OCH3 is 1. The van der Waals surface area contributed by atoms with Gasteiger partial charge in [0.15, 0.2) is 5.78 Å². The second-order valence-electron chi connectivity index (χ2n) is 12.7. The molecule has 0 bridgehead atoms. The van der Waals surface area contributed by atoms with Crippen molar-refractivity contribution >= 4 is 23.5 Å². The van der Waals surface area contributed by atoms with Crippen molar-refractivity contribution in [3.8, 4) is 5.75 Å². The molecule has 1 unspecified atom stereocenters. The normalized spacial score (nSPS) is 20.8. The number of aryl methyl sites for hydroxylation is 1. The Bertz CT molecular complexity index is 1420. The number of carbonyl (C=O) groups excluding carboxylic acids is 3. The van der Waals surface area contributed by atoms with Crippen LogP contribution in [0.2, 0.25) is 0 Å². The van der Waals surface area contributed by atoms with Crippen LogP contribution < -0.4 is 9.64 Å². The Morgan fingerprint density at radius 3 is 2.17 bits per heavy atom. The molecule has 3 aliphatic rings. The van der Waals surface area contributed by atoms with Crippen LogP contribution in [0.5, 0.6) is 5.75 Å². The summed E-state index contributed by atoms with van der Waals surface area (Å²) in [6, 6.07) is 15.7. The zero-order valence-corrected chi connectivity index (χ0v) is 24.5. The van der Waals surface area contributed by atoms with Crippen LogP contribution >= 0.6 is 0 Å². The summed E-state index contributed by atoms with van der Waals surface area (Å²) in [5, 5.41) is 0. The van der Waals surface area contributed by atoms with Crippen LogP contribution in [0.4, 0.5) is 10.5 Å². The van der Waals surface area contributed by atoms with Crippen LogP contribution in [0.25, 0.3) is 0 Å². The molecule has 0 N–H and O–H groups in total. The molecular formula is C33H38N2O5. The van der Waals surface area contributed by atoms with Crippen molar-refractivity contribution in [2.45, 2.75) is 72.3 Å². The summed E-state index contributed by atoms with van der Waals surface area (Å²) in [4.78, 5) is 44.8. The van der Waals surface area contributed by atoms with E-state index in [1.54, 1.807) is 27.9 Å². The first-order valence-corrected chi connectivity index (χ1v) is 13.8. The number of benzene rings is 2. The fourth-order valence-corrected chi connectivity index (χ4v) is 6.01. The summed E-state index contributed by atoms with van der Waals surface area (Å²) in [5.41, 5.74) is 4.71. The maximum absolute atomic E-state index is 14.3. The summed E-state index contributed by atoms with van der Waals surface area (Å²) in [6.07, 6.45) is 0.851. The van der Waals surface area contributed by atoms with E-state index in [2.05, 4.69) is 18.7 Å². The average Bonchev–Trinajstić information content (AvgIpc) is 2.87. The lowest BCUT2D eigenvalue weighted by Gasteiger charge is -2.47. The van der Waals surface area contributed by atoms with Gasteiger partial charge in [-0.15, -0.1) is 0 Å². The molecule has 0 aromatic heterocycles. The Hall–Kier alpha value is -3.87. The summed E-state index contributed by atoms with van der Waals surface area (Å²) in [6.45, 7) is 11.8. The van der Waals surface area contributed by atoms with Crippen molar-refractivity contribution in [3.05, 3.63) is 82.2 Å². The first kappa shape index (κ1) is 27.7. The first-order valence-electron chi connectivity index (χ1n) is 13.8. The predicted molar refractivity (Wildman–Crippen MR) is 154 cm³/mol. The van der Waals surface area contributed by atoms with E-state index in [1.165, 1.54) is 4.90 Å². The van der Waals surface area contributed by atoms with Gasteiger partial charge in [-0.05, 0) is 69.4 Å². The van der Waals surface area contributed by atoms with Crippen LogP contribution in [0, 0.1) is 12.3 Å². The Labute approximate surface area is 236 Å². The van der Waals surface area contributed by atoms with E-state index in [9.17, 15) is 14.4 Å². The predicted octanol–water partition coefficient (Wildman–Crippen LogP) is 6.67. The Morgan fingerprint density at radius 1 is 0.925 bits per heavy atom. The second-order valence-corrected chi connectivity index (χ2v) is 12.7. The lowest BCUT2D eigenvalue weighted by Crippen LogP contribution is -2.50. The monoisotopic (exact) mass is 542 g/mol. The van der Waals surface area contributed by atoms with Crippen molar-refractivity contribution in [1.82, 2.24) is 4.90 Å². The third-order valence-electron chi connectivity index (χ3n) is 7.73. The molecule has 40 heavy (non-hydrogen) atoms. The van der Waals surface area contributed by atoms with Crippen molar-refractivity contribution < 1.29 is 23.9 Å². The zero-order valence-electron chi connectivity index (χ0n) is 24.5. The topological polar surface area (TPSA) is 76.2 Å². The Kier molecular flexibility index (Phi) is 6.89. The van der Waals surface area contributed by atoms with Crippen molar-refractivity contribution in [2.75, 3.05) is 18.6 Å². The number of hydrogen-bond donors (Lipinski definition) is 0. The number of anilines is 1. The minimum atomic E-state index is -0.747. The van der Waals surface area contributed by atoms with Gasteiger partial charge in [0.1, 0.15) is 11.4 Å². The number of amides is 2. The average molecular weight is 543 g/mol. The van der Waals surface area contributed by atoms with Crippen molar-refractivity contribution in [2.24, 2.45) is 5.41 Å². The number of nitrogens with zero attached hydrogens (tertiary/aromatic N) is 2. The van der Waals surface area contributed by atoms with Crippen LogP contribution in [0.15, 0.2) is 71.1 Å². The summed E-state index contributed by atoms with van der Waals surface area (Å²) < 4.78 is 11.0. The molecule has 1 atom stereocenters. The van der Waals surface area contributed by atoms with E-state index in [-0.39, 0.29) is 17.7 Å². The van der Waals surface area contributed by atoms with Crippen LogP contribution in [0.1, 0.15) is 70.9 Å². The standard InChI is InChI=1S/C33H38N2O5/c1-20-8-12-22(13-9-20)35-24-16-17-34(31(38)40-32(2,3)4)30(37)29(24)27(21-10-14-23(39-7)15-11-21)28-25(35)18-33(5,6)19-26(28)36/h8-15,27H,16-19H2,1-7H3. The maximum Gasteiger partial charge on any atom is 0.417 e. The molecule has 2 aromatic carbocycles. The minimum absolute atomic E-state index is 0.0259. The summed E-state index contributed by atoms with van der Waals surface area (Å²) in [5.74, 6) is -0.305. The van der Waals surface area contributed by atoms with Crippen LogP contribution in [0.3, 0.4) is 0 Å². The van der Waals surface area contributed by atoms with Gasteiger partial charge in [0, 0.05) is 53.5 Å². The molecule has 1 aliphatic carbocycles. The van der Waals surface area contributed by atoms with E-state index in [4.69, 9.17) is 9.47 Å². The van der Waals surface area contributed by atoms with Gasteiger partial charge in [-0.3, -0.25) is 9.59 Å². The highest BCUT2D eigenvalue weighted by molar-refractivity contribution is 6.10. The number of allylic oxidation sites excluding steroid dienone is 2. The highest BCUT2D eigenvalue weighted by Gasteiger charge is 2.49. The number of hydrogen-bond acceptors (Lipinski definition) is 6. The number of imide groups is 1. The Balaban J connectivity index is 1.74. The maximum atomic E-state index is 14.3. The first-order chi connectivity index (χ1) is 18.8. The van der Waals surface area contributed by atoms with Gasteiger partial charge in [0.25, 0.3) is 5.91 Å². The summed E-state index contributed by atoms with van der Waals surface area (Å²) in [7, 11) is 1.60. The van der Waals surface area contributed by atoms with E-state index >= 15 is 0 Å². The molecule has 7 heteroatoms. The van der Waals surface area contributed by atoms with Crippen LogP contribution in [-0.2, 0) is 14.3 Å². The fraction of sp³-hybridized carbons (Fsp3) is 0.424. The summed E-state index contributed by atoms with van der Waals surface area (Å²) >= 11 is 0. The molecule has 2 amide bonds. The largest absolute Gasteiger partial charge is 0.497 e. The lowest BCUT2D eigenvalue weighted by atomic mass is 9.67. The molecule has 0 fully saturated rings. The fourth-order valence-electron chi connectivity index (χ4n) is 6.01. The van der Waals surface area contributed by atoms with Gasteiger partial charge in [0.2, 0.25) is 0 Å². The van der Waals surface area contributed by atoms with E-state index in [1.807, 2.05) is 55.5 Å². The van der Waals surface area contributed by atoms with Gasteiger partial charge in [-0.25, -0.2) is 9.69 Å². The molecule has 0 saturated carbocycles. The number of Topliss-reactive ketones (excluding diaryl/α,β-unsaturated/α-hetero) is 1. The van der Waals surface area contributed by atoms with Gasteiger partial charge >= 0.3 is 6.09 Å². The van der Waals surface area contributed by atoms with Gasteiger partial charge in [0.05, 0.1) is 7.11 Å². The highest BCUT2D eigenvalue weighted by atomic mass is 16.6. The SMILES string of the molecule is COc1ccc(C2C3=C(CC(C)(C)CC3=O)N(c3ccc(C)cc3)C3=C2C(=O)N(C(=O)OC(C)(C)C)CC3)cc1. The molecule has 0 spiro atoms. The molecule has 2 heterocycles. The number of carbonyl (C=O) groups is 3. The third kappa shape index (κ3) is 5.05. The van der Waals surface area contributed by atoms with Crippen molar-refractivity contribution in [1.29, 1.82) is 0 Å². The molecule has 7 nitrogen and oxygen atoms in total. The van der Waals surface area contributed by atoms with Gasteiger partial charge < -0.3 is 14.4 Å². The highest BCUT2D eigenvalue weighted by Crippen LogP contribution is 2.53. The van der Waals surface area contributed by atoms with Crippen molar-refractivity contribution in [3.63, 3.8) is 0 Å². The molecule has 5 rings (SSSR count). The van der Waals surface area contributed by atoms with E-state index in [0.717, 1.165) is 28.2 Å². The molecular weight excluding hydrogens is 504 g/mol. The van der Waals surface area contributed by atoms with E-state index in [0.29, 0.717) is 36.2 Å². The van der Waals surface area contributed by atoms with Crippen LogP contribution in [-0.4, -0.2) is 41.9 Å². The quantitative estimate of drug-likeness (QED) is 0.431.